The Morgan fingerprint density at radius 1 is 1.21 bits per heavy atom. The highest BCUT2D eigenvalue weighted by Gasteiger charge is 2.22. The Bertz CT molecular complexity index is 726. The summed E-state index contributed by atoms with van der Waals surface area (Å²) in [5.74, 6) is -0.704. The number of benzene rings is 1. The van der Waals surface area contributed by atoms with Crippen LogP contribution in [0.25, 0.3) is 6.08 Å². The number of allylic oxidation sites excluding steroid dienone is 1. The van der Waals surface area contributed by atoms with Gasteiger partial charge in [0.1, 0.15) is 10.7 Å². The fourth-order valence-electron chi connectivity index (χ4n) is 2.21. The van der Waals surface area contributed by atoms with Gasteiger partial charge in [-0.1, -0.05) is 31.2 Å². The van der Waals surface area contributed by atoms with Crippen molar-refractivity contribution >= 4 is 33.5 Å². The van der Waals surface area contributed by atoms with Crippen LogP contribution < -0.4 is 4.90 Å². The van der Waals surface area contributed by atoms with E-state index in [9.17, 15) is 9.90 Å². The smallest absolute Gasteiger partial charge is 0.161 e. The molecule has 0 aliphatic carbocycles. The quantitative estimate of drug-likeness (QED) is 0.602. The van der Waals surface area contributed by atoms with Crippen molar-refractivity contribution in [2.75, 3.05) is 19.0 Å². The van der Waals surface area contributed by atoms with Crippen LogP contribution in [-0.4, -0.2) is 30.0 Å². The van der Waals surface area contributed by atoms with Gasteiger partial charge in [0, 0.05) is 19.8 Å². The summed E-state index contributed by atoms with van der Waals surface area (Å²) in [6.45, 7) is 1.70. The van der Waals surface area contributed by atoms with Crippen molar-refractivity contribution in [2.24, 2.45) is 5.92 Å². The van der Waals surface area contributed by atoms with Crippen LogP contribution in [0.2, 0.25) is 0 Å². The Hall–Kier alpha value is -1.98. The van der Waals surface area contributed by atoms with E-state index in [1.54, 1.807) is 31.2 Å². The minimum absolute atomic E-state index is 0.138. The number of halogens is 1. The number of hydrogen-bond acceptors (Lipinski definition) is 4. The molecule has 1 heterocycles. The molecule has 0 saturated heterocycles. The number of ketones is 1. The zero-order valence-electron chi connectivity index (χ0n) is 14.0. The summed E-state index contributed by atoms with van der Waals surface area (Å²) in [6.07, 6.45) is 2.34. The SMILES string of the molecule is C[C@@H](C(=O)/C=C/c1ccc(N(C)C)cc1)[C@@H](O)c1cccc(Br)n1. The minimum Gasteiger partial charge on any atom is -0.386 e. The molecule has 0 aliphatic rings. The van der Waals surface area contributed by atoms with Crippen LogP contribution in [-0.2, 0) is 4.79 Å². The number of pyridine rings is 1. The van der Waals surface area contributed by atoms with Gasteiger partial charge >= 0.3 is 0 Å². The maximum absolute atomic E-state index is 12.3. The van der Waals surface area contributed by atoms with Gasteiger partial charge in [-0.25, -0.2) is 4.98 Å². The molecular formula is C19H21BrN2O2. The third-order valence-electron chi connectivity index (χ3n) is 3.81. The van der Waals surface area contributed by atoms with Crippen LogP contribution >= 0.6 is 15.9 Å². The van der Waals surface area contributed by atoms with Crippen molar-refractivity contribution in [3.63, 3.8) is 0 Å². The molecule has 24 heavy (non-hydrogen) atoms. The van der Waals surface area contributed by atoms with Crippen molar-refractivity contribution in [1.29, 1.82) is 0 Å². The monoisotopic (exact) mass is 388 g/mol. The van der Waals surface area contributed by atoms with Crippen molar-refractivity contribution in [3.8, 4) is 0 Å². The molecule has 5 heteroatoms. The molecule has 1 N–H and O–H groups in total. The standard InChI is InChI=1S/C19H21BrN2O2/c1-13(19(24)16-5-4-6-18(20)21-16)17(23)12-9-14-7-10-15(11-8-14)22(2)3/h4-13,19,24H,1-3H3/b12-9+/t13-,19+/m0/s1. The van der Waals surface area contributed by atoms with Gasteiger partial charge in [-0.3, -0.25) is 4.79 Å². The van der Waals surface area contributed by atoms with E-state index >= 15 is 0 Å². The van der Waals surface area contributed by atoms with E-state index < -0.39 is 12.0 Å². The maximum Gasteiger partial charge on any atom is 0.161 e. The molecule has 1 aromatic carbocycles. The Balaban J connectivity index is 2.05. The second-order valence-corrected chi connectivity index (χ2v) is 6.65. The fraction of sp³-hybridized carbons (Fsp3) is 0.263. The molecule has 0 fully saturated rings. The van der Waals surface area contributed by atoms with Gasteiger partial charge in [0.2, 0.25) is 0 Å². The van der Waals surface area contributed by atoms with Crippen LogP contribution in [0, 0.1) is 5.92 Å². The molecular weight excluding hydrogens is 368 g/mol. The van der Waals surface area contributed by atoms with E-state index in [1.807, 2.05) is 43.3 Å². The third kappa shape index (κ3) is 4.76. The maximum atomic E-state index is 12.3. The van der Waals surface area contributed by atoms with Crippen LogP contribution in [0.15, 0.2) is 53.1 Å². The zero-order valence-corrected chi connectivity index (χ0v) is 15.6. The first-order valence-corrected chi connectivity index (χ1v) is 8.47. The molecule has 4 nitrogen and oxygen atoms in total. The number of aromatic nitrogens is 1. The van der Waals surface area contributed by atoms with Gasteiger partial charge in [-0.2, -0.15) is 0 Å². The summed E-state index contributed by atoms with van der Waals surface area (Å²) < 4.78 is 0.634. The zero-order chi connectivity index (χ0) is 17.7. The van der Waals surface area contributed by atoms with Crippen molar-refractivity contribution in [3.05, 3.63) is 64.4 Å². The molecule has 0 unspecified atom stereocenters. The molecule has 1 aromatic heterocycles. The number of aliphatic hydroxyl groups is 1. The number of aliphatic hydroxyl groups excluding tert-OH is 1. The number of carbonyl (C=O) groups excluding carboxylic acids is 1. The number of carbonyl (C=O) groups is 1. The lowest BCUT2D eigenvalue weighted by Gasteiger charge is -2.16. The van der Waals surface area contributed by atoms with Crippen LogP contribution in [0.4, 0.5) is 5.69 Å². The average Bonchev–Trinajstić information content (AvgIpc) is 2.58. The number of hydrogen-bond donors (Lipinski definition) is 1. The second kappa shape index (κ2) is 8.22. The summed E-state index contributed by atoms with van der Waals surface area (Å²) in [5, 5.41) is 10.3. The molecule has 2 aromatic rings. The van der Waals surface area contributed by atoms with E-state index in [0.29, 0.717) is 10.3 Å². The van der Waals surface area contributed by atoms with Gasteiger partial charge in [0.05, 0.1) is 11.6 Å². The van der Waals surface area contributed by atoms with Crippen molar-refractivity contribution in [2.45, 2.75) is 13.0 Å². The Labute approximate surface area is 151 Å². The largest absolute Gasteiger partial charge is 0.386 e. The van der Waals surface area contributed by atoms with E-state index in [-0.39, 0.29) is 5.78 Å². The number of nitrogens with zero attached hydrogens (tertiary/aromatic N) is 2. The summed E-state index contributed by atoms with van der Waals surface area (Å²) >= 11 is 3.27. The molecule has 0 amide bonds. The summed E-state index contributed by atoms with van der Waals surface area (Å²) in [4.78, 5) is 18.5. The van der Waals surface area contributed by atoms with Crippen LogP contribution in [0.1, 0.15) is 24.3 Å². The summed E-state index contributed by atoms with van der Waals surface area (Å²) in [6, 6.07) is 13.2. The Kier molecular flexibility index (Phi) is 6.29. The first kappa shape index (κ1) is 18.4. The lowest BCUT2D eigenvalue weighted by molar-refractivity contribution is -0.121. The van der Waals surface area contributed by atoms with E-state index in [0.717, 1.165) is 11.3 Å². The lowest BCUT2D eigenvalue weighted by Crippen LogP contribution is -2.18. The first-order valence-electron chi connectivity index (χ1n) is 7.68. The highest BCUT2D eigenvalue weighted by Crippen LogP contribution is 2.23. The Morgan fingerprint density at radius 3 is 2.46 bits per heavy atom. The van der Waals surface area contributed by atoms with Crippen molar-refractivity contribution in [1.82, 2.24) is 4.98 Å². The van der Waals surface area contributed by atoms with Gasteiger partial charge in [0.15, 0.2) is 5.78 Å². The van der Waals surface area contributed by atoms with Gasteiger partial charge in [-0.05, 0) is 51.8 Å². The predicted octanol–water partition coefficient (Wildman–Crippen LogP) is 3.86. The summed E-state index contributed by atoms with van der Waals surface area (Å²) in [7, 11) is 3.96. The predicted molar refractivity (Wildman–Crippen MR) is 101 cm³/mol. The van der Waals surface area contributed by atoms with Crippen LogP contribution in [0.5, 0.6) is 0 Å². The normalized spacial score (nSPS) is 13.7. The molecule has 0 radical (unpaired) electrons. The van der Waals surface area contributed by atoms with Gasteiger partial charge in [0.25, 0.3) is 0 Å². The van der Waals surface area contributed by atoms with Crippen LogP contribution in [0.3, 0.4) is 0 Å². The van der Waals surface area contributed by atoms with E-state index in [1.165, 1.54) is 6.08 Å². The lowest BCUT2D eigenvalue weighted by atomic mass is 9.96. The highest BCUT2D eigenvalue weighted by atomic mass is 79.9. The Morgan fingerprint density at radius 2 is 1.88 bits per heavy atom. The van der Waals surface area contributed by atoms with Gasteiger partial charge in [-0.15, -0.1) is 0 Å². The topological polar surface area (TPSA) is 53.4 Å². The molecule has 0 spiro atoms. The molecule has 2 atom stereocenters. The van der Waals surface area contributed by atoms with Gasteiger partial charge < -0.3 is 10.0 Å². The molecule has 0 bridgehead atoms. The second-order valence-electron chi connectivity index (χ2n) is 5.84. The fourth-order valence-corrected chi connectivity index (χ4v) is 2.57. The summed E-state index contributed by atoms with van der Waals surface area (Å²) in [5.41, 5.74) is 2.52. The van der Waals surface area contributed by atoms with E-state index in [4.69, 9.17) is 0 Å². The number of rotatable bonds is 6. The average molecular weight is 389 g/mol. The third-order valence-corrected chi connectivity index (χ3v) is 4.25. The van der Waals surface area contributed by atoms with E-state index in [2.05, 4.69) is 20.9 Å². The molecule has 126 valence electrons. The first-order chi connectivity index (χ1) is 11.4. The minimum atomic E-state index is -0.934. The number of anilines is 1. The highest BCUT2D eigenvalue weighted by molar-refractivity contribution is 9.10. The van der Waals surface area contributed by atoms with Crippen molar-refractivity contribution < 1.29 is 9.90 Å². The molecule has 0 saturated carbocycles. The molecule has 2 rings (SSSR count). The molecule has 0 aliphatic heterocycles.